The number of hydrogen-bond acceptors (Lipinski definition) is 4. The van der Waals surface area contributed by atoms with E-state index in [1.54, 1.807) is 29.4 Å². The Bertz CT molecular complexity index is 750. The maximum atomic E-state index is 12.4. The van der Waals surface area contributed by atoms with E-state index >= 15 is 0 Å². The smallest absolute Gasteiger partial charge is 0.292 e. The summed E-state index contributed by atoms with van der Waals surface area (Å²) in [7, 11) is 1.77. The summed E-state index contributed by atoms with van der Waals surface area (Å²) in [5.74, 6) is 0.153. The van der Waals surface area contributed by atoms with Crippen molar-refractivity contribution in [3.8, 4) is 0 Å². The molecule has 0 aliphatic carbocycles. The van der Waals surface area contributed by atoms with Crippen molar-refractivity contribution in [3.05, 3.63) is 75.8 Å². The molecular weight excluding hydrogens is 308 g/mol. The van der Waals surface area contributed by atoms with Crippen molar-refractivity contribution in [1.29, 1.82) is 0 Å². The van der Waals surface area contributed by atoms with Crippen molar-refractivity contribution in [2.45, 2.75) is 19.4 Å². The molecule has 23 heavy (non-hydrogen) atoms. The Kier molecular flexibility index (Phi) is 4.88. The topological polar surface area (TPSA) is 46.3 Å². The number of carbonyl (C=O) groups is 1. The molecule has 1 amide bonds. The van der Waals surface area contributed by atoms with Crippen LogP contribution in [0, 0.1) is 0 Å². The van der Waals surface area contributed by atoms with Crippen LogP contribution in [0.5, 0.6) is 0 Å². The Morgan fingerprint density at radius 1 is 1.17 bits per heavy atom. The second-order valence-electron chi connectivity index (χ2n) is 5.46. The van der Waals surface area contributed by atoms with Gasteiger partial charge in [0.1, 0.15) is 0 Å². The van der Waals surface area contributed by atoms with Crippen LogP contribution in [0.4, 0.5) is 0 Å². The fraction of sp³-hybridized carbons (Fsp3) is 0.222. The van der Waals surface area contributed by atoms with E-state index < -0.39 is 0 Å². The summed E-state index contributed by atoms with van der Waals surface area (Å²) in [6.45, 7) is 0.572. The Hall–Kier alpha value is -2.40. The Labute approximate surface area is 139 Å². The summed E-state index contributed by atoms with van der Waals surface area (Å²) < 4.78 is 5.22. The minimum atomic E-state index is -0.144. The predicted molar refractivity (Wildman–Crippen MR) is 90.5 cm³/mol. The summed E-state index contributed by atoms with van der Waals surface area (Å²) in [5, 5.41) is 8.05. The molecule has 2 aromatic heterocycles. The number of thiophene rings is 1. The molecule has 0 radical (unpaired) electrons. The van der Waals surface area contributed by atoms with Crippen LogP contribution < -0.4 is 0 Å². The van der Waals surface area contributed by atoms with E-state index in [1.807, 2.05) is 35.0 Å². The van der Waals surface area contributed by atoms with Gasteiger partial charge >= 0.3 is 0 Å². The Balaban J connectivity index is 1.58. The summed E-state index contributed by atoms with van der Waals surface area (Å²) >= 11 is 1.62. The first-order valence-electron chi connectivity index (χ1n) is 7.48. The van der Waals surface area contributed by atoms with Crippen molar-refractivity contribution in [3.63, 3.8) is 0 Å². The molecule has 1 aromatic carbocycles. The van der Waals surface area contributed by atoms with E-state index in [9.17, 15) is 4.79 Å². The molecule has 0 saturated heterocycles. The van der Waals surface area contributed by atoms with E-state index in [2.05, 4.69) is 17.3 Å². The molecule has 0 aliphatic heterocycles. The van der Waals surface area contributed by atoms with E-state index in [-0.39, 0.29) is 5.91 Å². The predicted octanol–water partition coefficient (Wildman–Crippen LogP) is 3.79. The third-order valence-electron chi connectivity index (χ3n) is 3.63. The molecule has 5 heteroatoms. The summed E-state index contributed by atoms with van der Waals surface area (Å²) in [5.41, 5.74) is 3.17. The van der Waals surface area contributed by atoms with E-state index in [1.165, 1.54) is 5.56 Å². The molecule has 0 N–H and O–H groups in total. The van der Waals surface area contributed by atoms with Crippen LogP contribution in [0.15, 0.2) is 57.7 Å². The average Bonchev–Trinajstić information content (AvgIpc) is 3.25. The number of carbonyl (C=O) groups excluding carboxylic acids is 1. The highest BCUT2D eigenvalue weighted by atomic mass is 32.1. The highest BCUT2D eigenvalue weighted by molar-refractivity contribution is 7.07. The second-order valence-corrected chi connectivity index (χ2v) is 6.24. The van der Waals surface area contributed by atoms with Gasteiger partial charge in [0.2, 0.25) is 5.76 Å². The number of aryl methyl sites for hydroxylation is 2. The molecule has 0 aliphatic rings. The molecule has 118 valence electrons. The van der Waals surface area contributed by atoms with Gasteiger partial charge in [-0.2, -0.15) is 11.3 Å². The van der Waals surface area contributed by atoms with E-state index in [0.717, 1.165) is 24.1 Å². The minimum absolute atomic E-state index is 0.144. The molecule has 3 aromatic rings. The van der Waals surface area contributed by atoms with Crippen LogP contribution in [0.3, 0.4) is 0 Å². The molecule has 0 spiro atoms. The first kappa shape index (κ1) is 15.5. The Morgan fingerprint density at radius 3 is 2.74 bits per heavy atom. The zero-order chi connectivity index (χ0) is 16.1. The molecule has 0 atom stereocenters. The summed E-state index contributed by atoms with van der Waals surface area (Å²) in [6, 6.07) is 14.0. The molecule has 0 unspecified atom stereocenters. The minimum Gasteiger partial charge on any atom is -0.351 e. The van der Waals surface area contributed by atoms with Crippen LogP contribution in [-0.2, 0) is 19.4 Å². The largest absolute Gasteiger partial charge is 0.351 e. The lowest BCUT2D eigenvalue weighted by Crippen LogP contribution is -2.25. The fourth-order valence-corrected chi connectivity index (χ4v) is 3.02. The maximum Gasteiger partial charge on any atom is 0.292 e. The van der Waals surface area contributed by atoms with Gasteiger partial charge in [-0.25, -0.2) is 0 Å². The van der Waals surface area contributed by atoms with E-state index in [4.69, 9.17) is 4.52 Å². The lowest BCUT2D eigenvalue weighted by Gasteiger charge is -2.13. The van der Waals surface area contributed by atoms with Crippen molar-refractivity contribution >= 4 is 17.2 Å². The number of amides is 1. The van der Waals surface area contributed by atoms with Gasteiger partial charge in [0, 0.05) is 19.7 Å². The van der Waals surface area contributed by atoms with Crippen molar-refractivity contribution in [2.24, 2.45) is 0 Å². The normalized spacial score (nSPS) is 10.7. The van der Waals surface area contributed by atoms with Crippen LogP contribution in [0.1, 0.15) is 27.4 Å². The molecule has 2 heterocycles. The highest BCUT2D eigenvalue weighted by Crippen LogP contribution is 2.13. The van der Waals surface area contributed by atoms with Crippen molar-refractivity contribution in [2.75, 3.05) is 7.05 Å². The molecule has 4 nitrogen and oxygen atoms in total. The molecule has 0 saturated carbocycles. The second kappa shape index (κ2) is 7.24. The van der Waals surface area contributed by atoms with Gasteiger partial charge in [0.15, 0.2) is 0 Å². The van der Waals surface area contributed by atoms with Gasteiger partial charge in [-0.15, -0.1) is 0 Å². The number of rotatable bonds is 6. The number of hydrogen-bond donors (Lipinski definition) is 0. The SMILES string of the molecule is CN(Cc1ccsc1)C(=O)c1cc(CCc2ccccc2)no1. The number of aromatic nitrogens is 1. The van der Waals surface area contributed by atoms with Crippen molar-refractivity contribution in [1.82, 2.24) is 10.1 Å². The highest BCUT2D eigenvalue weighted by Gasteiger charge is 2.17. The van der Waals surface area contributed by atoms with Gasteiger partial charge in [0.05, 0.1) is 5.69 Å². The lowest BCUT2D eigenvalue weighted by molar-refractivity contribution is 0.0743. The van der Waals surface area contributed by atoms with Crippen LogP contribution in [-0.4, -0.2) is 23.0 Å². The van der Waals surface area contributed by atoms with Gasteiger partial charge in [-0.05, 0) is 40.8 Å². The number of nitrogens with zero attached hydrogens (tertiary/aromatic N) is 2. The van der Waals surface area contributed by atoms with Crippen LogP contribution in [0.2, 0.25) is 0 Å². The average molecular weight is 326 g/mol. The molecule has 0 fully saturated rings. The standard InChI is InChI=1S/C18H18N2O2S/c1-20(12-15-9-10-23-13-15)18(21)17-11-16(19-22-17)8-7-14-5-3-2-4-6-14/h2-6,9-11,13H,7-8,12H2,1H3. The van der Waals surface area contributed by atoms with Crippen molar-refractivity contribution < 1.29 is 9.32 Å². The van der Waals surface area contributed by atoms with Gasteiger partial charge < -0.3 is 9.42 Å². The zero-order valence-electron chi connectivity index (χ0n) is 12.9. The zero-order valence-corrected chi connectivity index (χ0v) is 13.8. The van der Waals surface area contributed by atoms with Crippen LogP contribution in [0.25, 0.3) is 0 Å². The fourth-order valence-electron chi connectivity index (χ4n) is 2.36. The first-order valence-corrected chi connectivity index (χ1v) is 8.43. The number of benzene rings is 1. The quantitative estimate of drug-likeness (QED) is 0.692. The van der Waals surface area contributed by atoms with Crippen LogP contribution >= 0.6 is 11.3 Å². The molecule has 0 bridgehead atoms. The third-order valence-corrected chi connectivity index (χ3v) is 4.36. The van der Waals surface area contributed by atoms with Gasteiger partial charge in [-0.3, -0.25) is 4.79 Å². The first-order chi connectivity index (χ1) is 11.2. The molecule has 3 rings (SSSR count). The lowest BCUT2D eigenvalue weighted by atomic mass is 10.1. The van der Waals surface area contributed by atoms with Gasteiger partial charge in [-0.1, -0.05) is 35.5 Å². The maximum absolute atomic E-state index is 12.4. The van der Waals surface area contributed by atoms with Gasteiger partial charge in [0.25, 0.3) is 5.91 Å². The summed E-state index contributed by atoms with van der Waals surface area (Å²) in [6.07, 6.45) is 1.64. The molecular formula is C18H18N2O2S. The summed E-state index contributed by atoms with van der Waals surface area (Å²) in [4.78, 5) is 14.0. The third kappa shape index (κ3) is 4.07. The van der Waals surface area contributed by atoms with E-state index in [0.29, 0.717) is 12.3 Å². The Morgan fingerprint density at radius 2 is 2.00 bits per heavy atom. The monoisotopic (exact) mass is 326 g/mol.